The third-order valence-corrected chi connectivity index (χ3v) is 2.88. The van der Waals surface area contributed by atoms with E-state index in [0.717, 1.165) is 0 Å². The molecule has 100 valence electrons. The van der Waals surface area contributed by atoms with Crippen LogP contribution in [0.4, 0.5) is 5.13 Å². The van der Waals surface area contributed by atoms with Gasteiger partial charge in [-0.05, 0) is 13.8 Å². The molecule has 1 rings (SSSR count). The van der Waals surface area contributed by atoms with E-state index in [0.29, 0.717) is 10.8 Å². The molecule has 7 heteroatoms. The van der Waals surface area contributed by atoms with Gasteiger partial charge in [0.15, 0.2) is 5.13 Å². The van der Waals surface area contributed by atoms with Gasteiger partial charge >= 0.3 is 0 Å². The molecule has 0 atom stereocenters. The number of nitrogens with two attached hydrogens (primary N) is 1. The molecule has 0 aliphatic carbocycles. The number of nitrogen functional groups attached to an aromatic ring is 1. The molecule has 1 heterocycles. The van der Waals surface area contributed by atoms with E-state index in [1.807, 2.05) is 13.8 Å². The van der Waals surface area contributed by atoms with Gasteiger partial charge in [-0.2, -0.15) is 0 Å². The van der Waals surface area contributed by atoms with Crippen molar-refractivity contribution in [1.29, 1.82) is 0 Å². The normalized spacial score (nSPS) is 10.4. The molecule has 0 radical (unpaired) electrons. The topological polar surface area (TPSA) is 88.3 Å². The summed E-state index contributed by atoms with van der Waals surface area (Å²) in [5, 5.41) is 4.92. The summed E-state index contributed by atoms with van der Waals surface area (Å²) in [4.78, 5) is 28.7. The minimum Gasteiger partial charge on any atom is -0.375 e. The summed E-state index contributed by atoms with van der Waals surface area (Å²) in [6, 6.07) is 0.0688. The van der Waals surface area contributed by atoms with Gasteiger partial charge in [0.1, 0.15) is 0 Å². The fourth-order valence-corrected chi connectivity index (χ4v) is 1.93. The second kappa shape index (κ2) is 6.34. The smallest absolute Gasteiger partial charge is 0.239 e. The molecule has 1 aromatic rings. The molecule has 0 bridgehead atoms. The van der Waals surface area contributed by atoms with Gasteiger partial charge in [0.05, 0.1) is 18.7 Å². The van der Waals surface area contributed by atoms with E-state index in [-0.39, 0.29) is 30.8 Å². The van der Waals surface area contributed by atoms with Crippen LogP contribution in [0.15, 0.2) is 5.38 Å². The highest BCUT2D eigenvalue weighted by Gasteiger charge is 2.15. The summed E-state index contributed by atoms with van der Waals surface area (Å²) < 4.78 is 0. The molecule has 0 saturated heterocycles. The van der Waals surface area contributed by atoms with E-state index in [4.69, 9.17) is 5.73 Å². The van der Waals surface area contributed by atoms with Crippen molar-refractivity contribution in [2.24, 2.45) is 0 Å². The Hall–Kier alpha value is -1.63. The average Bonchev–Trinajstić information content (AvgIpc) is 2.62. The molecule has 0 fully saturated rings. The summed E-state index contributed by atoms with van der Waals surface area (Å²) in [5.41, 5.74) is 6.12. The molecule has 0 aliphatic heterocycles. The molecule has 18 heavy (non-hydrogen) atoms. The molecule has 6 nitrogen and oxygen atoms in total. The Morgan fingerprint density at radius 2 is 2.22 bits per heavy atom. The highest BCUT2D eigenvalue weighted by atomic mass is 32.1. The molecule has 0 aliphatic rings. The second-order valence-corrected chi connectivity index (χ2v) is 5.22. The van der Waals surface area contributed by atoms with Crippen LogP contribution in [0.2, 0.25) is 0 Å². The number of thiazole rings is 1. The Kier molecular flexibility index (Phi) is 5.08. The Morgan fingerprint density at radius 3 is 2.72 bits per heavy atom. The van der Waals surface area contributed by atoms with E-state index in [9.17, 15) is 9.59 Å². The van der Waals surface area contributed by atoms with E-state index in [1.165, 1.54) is 16.2 Å². The SMILES string of the molecule is CC(C)NC(=O)CN(C)C(=O)Cc1csc(N)n1. The maximum Gasteiger partial charge on any atom is 0.239 e. The quantitative estimate of drug-likeness (QED) is 0.803. The number of nitrogens with zero attached hydrogens (tertiary/aromatic N) is 2. The van der Waals surface area contributed by atoms with Crippen LogP contribution in [0.3, 0.4) is 0 Å². The number of hydrogen-bond acceptors (Lipinski definition) is 5. The summed E-state index contributed by atoms with van der Waals surface area (Å²) in [6.07, 6.45) is 0.166. The standard InChI is InChI=1S/C11H18N4O2S/c1-7(2)13-9(16)5-15(3)10(17)4-8-6-18-11(12)14-8/h6-7H,4-5H2,1-3H3,(H2,12,14)(H,13,16). The highest BCUT2D eigenvalue weighted by molar-refractivity contribution is 7.13. The Bertz CT molecular complexity index is 430. The van der Waals surface area contributed by atoms with Crippen molar-refractivity contribution in [3.8, 4) is 0 Å². The number of hydrogen-bond donors (Lipinski definition) is 2. The number of carbonyl (C=O) groups is 2. The summed E-state index contributed by atoms with van der Waals surface area (Å²) in [5.74, 6) is -0.321. The minimum atomic E-state index is -0.168. The number of carbonyl (C=O) groups excluding carboxylic acids is 2. The Labute approximate surface area is 110 Å². The number of amides is 2. The number of rotatable bonds is 5. The highest BCUT2D eigenvalue weighted by Crippen LogP contribution is 2.11. The van der Waals surface area contributed by atoms with E-state index in [1.54, 1.807) is 12.4 Å². The van der Waals surface area contributed by atoms with Gasteiger partial charge in [0, 0.05) is 18.5 Å². The summed E-state index contributed by atoms with van der Waals surface area (Å²) in [7, 11) is 1.60. The number of nitrogens with one attached hydrogen (secondary N) is 1. The fraction of sp³-hybridized carbons (Fsp3) is 0.545. The van der Waals surface area contributed by atoms with Crippen molar-refractivity contribution in [3.63, 3.8) is 0 Å². The molecule has 0 aromatic carbocycles. The lowest BCUT2D eigenvalue weighted by atomic mass is 10.3. The zero-order valence-corrected chi connectivity index (χ0v) is 11.6. The third kappa shape index (κ3) is 4.70. The van der Waals surface area contributed by atoms with Crippen LogP contribution >= 0.6 is 11.3 Å². The van der Waals surface area contributed by atoms with Crippen molar-refractivity contribution in [1.82, 2.24) is 15.2 Å². The van der Waals surface area contributed by atoms with Crippen molar-refractivity contribution in [3.05, 3.63) is 11.1 Å². The van der Waals surface area contributed by atoms with E-state index < -0.39 is 0 Å². The lowest BCUT2D eigenvalue weighted by molar-refractivity contribution is -0.134. The predicted octanol–water partition coefficient (Wildman–Crippen LogP) is 0.251. The minimum absolute atomic E-state index is 0.0522. The van der Waals surface area contributed by atoms with E-state index >= 15 is 0 Å². The van der Waals surface area contributed by atoms with Gasteiger partial charge in [0.25, 0.3) is 0 Å². The maximum atomic E-state index is 11.8. The first-order valence-corrected chi connectivity index (χ1v) is 6.49. The number of aromatic nitrogens is 1. The third-order valence-electron chi connectivity index (χ3n) is 2.16. The van der Waals surface area contributed by atoms with Gasteiger partial charge < -0.3 is 16.0 Å². The van der Waals surface area contributed by atoms with Crippen LogP contribution in [-0.2, 0) is 16.0 Å². The van der Waals surface area contributed by atoms with Gasteiger partial charge in [-0.3, -0.25) is 9.59 Å². The molecular weight excluding hydrogens is 252 g/mol. The molecule has 0 spiro atoms. The van der Waals surface area contributed by atoms with Gasteiger partial charge in [0.2, 0.25) is 11.8 Å². The summed E-state index contributed by atoms with van der Waals surface area (Å²) >= 11 is 1.30. The molecule has 3 N–H and O–H groups in total. The Balaban J connectivity index is 2.44. The van der Waals surface area contributed by atoms with Gasteiger partial charge in [-0.25, -0.2) is 4.98 Å². The summed E-state index contributed by atoms with van der Waals surface area (Å²) in [6.45, 7) is 3.80. The van der Waals surface area contributed by atoms with Gasteiger partial charge in [-0.15, -0.1) is 11.3 Å². The fourth-order valence-electron chi connectivity index (χ4n) is 1.36. The van der Waals surface area contributed by atoms with Crippen LogP contribution in [0.1, 0.15) is 19.5 Å². The lowest BCUT2D eigenvalue weighted by Crippen LogP contribution is -2.41. The second-order valence-electron chi connectivity index (χ2n) is 4.33. The van der Waals surface area contributed by atoms with Crippen LogP contribution < -0.4 is 11.1 Å². The van der Waals surface area contributed by atoms with E-state index in [2.05, 4.69) is 10.3 Å². The first-order chi connectivity index (χ1) is 8.38. The van der Waals surface area contributed by atoms with Crippen molar-refractivity contribution >= 4 is 28.3 Å². The van der Waals surface area contributed by atoms with Crippen LogP contribution in [0.5, 0.6) is 0 Å². The van der Waals surface area contributed by atoms with Crippen LogP contribution in [0.25, 0.3) is 0 Å². The Morgan fingerprint density at radius 1 is 1.56 bits per heavy atom. The zero-order valence-electron chi connectivity index (χ0n) is 10.8. The van der Waals surface area contributed by atoms with Crippen molar-refractivity contribution in [2.75, 3.05) is 19.3 Å². The van der Waals surface area contributed by atoms with Crippen molar-refractivity contribution < 1.29 is 9.59 Å². The monoisotopic (exact) mass is 270 g/mol. The van der Waals surface area contributed by atoms with Crippen LogP contribution in [0, 0.1) is 0 Å². The van der Waals surface area contributed by atoms with Crippen LogP contribution in [-0.4, -0.2) is 41.3 Å². The molecular formula is C11H18N4O2S. The first-order valence-electron chi connectivity index (χ1n) is 5.61. The first kappa shape index (κ1) is 14.4. The average molecular weight is 270 g/mol. The largest absolute Gasteiger partial charge is 0.375 e. The number of anilines is 1. The molecule has 1 aromatic heterocycles. The van der Waals surface area contributed by atoms with Gasteiger partial charge in [-0.1, -0.05) is 0 Å². The lowest BCUT2D eigenvalue weighted by Gasteiger charge is -2.17. The molecule has 0 unspecified atom stereocenters. The maximum absolute atomic E-state index is 11.8. The zero-order chi connectivity index (χ0) is 13.7. The predicted molar refractivity (Wildman–Crippen MR) is 71.1 cm³/mol. The van der Waals surface area contributed by atoms with Crippen molar-refractivity contribution in [2.45, 2.75) is 26.3 Å². The number of likely N-dealkylation sites (N-methyl/N-ethyl adjacent to an activating group) is 1. The molecule has 0 saturated carbocycles. The molecule has 2 amide bonds.